The molecule has 0 bridgehead atoms. The Morgan fingerprint density at radius 2 is 1.90 bits per heavy atom. The maximum Gasteiger partial charge on any atom is 0.272 e. The second-order valence-corrected chi connectivity index (χ2v) is 9.44. The molecule has 1 heterocycles. The minimum Gasteiger partial charge on any atom is -0.353 e. The van der Waals surface area contributed by atoms with Gasteiger partial charge in [0.15, 0.2) is 0 Å². The molecule has 1 atom stereocenters. The first-order valence-electron chi connectivity index (χ1n) is 10.2. The van der Waals surface area contributed by atoms with Crippen LogP contribution < -0.4 is 5.32 Å². The van der Waals surface area contributed by atoms with Gasteiger partial charge in [-0.1, -0.05) is 41.9 Å². The lowest BCUT2D eigenvalue weighted by molar-refractivity contribution is -0.385. The third-order valence-corrected chi connectivity index (χ3v) is 6.32. The Bertz CT molecular complexity index is 1000. The van der Waals surface area contributed by atoms with Crippen molar-refractivity contribution >= 4 is 33.4 Å². The van der Waals surface area contributed by atoms with E-state index >= 15 is 0 Å². The summed E-state index contributed by atoms with van der Waals surface area (Å²) < 4.78 is 0.998. The van der Waals surface area contributed by atoms with Crippen LogP contribution in [0.4, 0.5) is 5.69 Å². The highest BCUT2D eigenvalue weighted by Gasteiger charge is 2.35. The number of carbonyl (C=O) groups excluding carboxylic acids is 2. The zero-order chi connectivity index (χ0) is 22.8. The smallest absolute Gasteiger partial charge is 0.272 e. The molecule has 0 spiro atoms. The molecule has 164 valence electrons. The fourth-order valence-electron chi connectivity index (χ4n) is 3.87. The SMILES string of the molecule is Cc1cc(C(=O)N2CCCC2C(=O)NCC(C)(C)c2ccc(Br)cc2)ccc1[N+](=O)[O-]. The molecule has 0 aromatic heterocycles. The molecular formula is C23H26BrN3O4. The number of rotatable bonds is 6. The van der Waals surface area contributed by atoms with Crippen LogP contribution in [0.15, 0.2) is 46.9 Å². The molecular weight excluding hydrogens is 462 g/mol. The van der Waals surface area contributed by atoms with Crippen molar-refractivity contribution < 1.29 is 14.5 Å². The molecule has 31 heavy (non-hydrogen) atoms. The number of benzene rings is 2. The van der Waals surface area contributed by atoms with Crippen LogP contribution in [0.2, 0.25) is 0 Å². The lowest BCUT2D eigenvalue weighted by Crippen LogP contribution is -2.48. The number of hydrogen-bond acceptors (Lipinski definition) is 4. The molecule has 1 unspecified atom stereocenters. The van der Waals surface area contributed by atoms with Crippen LogP contribution in [0, 0.1) is 17.0 Å². The van der Waals surface area contributed by atoms with E-state index in [2.05, 4.69) is 35.1 Å². The first-order valence-corrected chi connectivity index (χ1v) is 11.0. The number of aryl methyl sites for hydroxylation is 1. The van der Waals surface area contributed by atoms with Gasteiger partial charge in [-0.05, 0) is 49.6 Å². The van der Waals surface area contributed by atoms with Gasteiger partial charge in [-0.15, -0.1) is 0 Å². The summed E-state index contributed by atoms with van der Waals surface area (Å²) in [6, 6.07) is 11.8. The van der Waals surface area contributed by atoms with Crippen molar-refractivity contribution in [3.05, 3.63) is 73.7 Å². The molecule has 0 radical (unpaired) electrons. The average Bonchev–Trinajstić information content (AvgIpc) is 3.21. The number of likely N-dealkylation sites (tertiary alicyclic amines) is 1. The molecule has 0 aliphatic carbocycles. The third kappa shape index (κ3) is 5.12. The second kappa shape index (κ2) is 9.18. The Morgan fingerprint density at radius 3 is 2.52 bits per heavy atom. The molecule has 2 aromatic carbocycles. The highest BCUT2D eigenvalue weighted by atomic mass is 79.9. The van der Waals surface area contributed by atoms with E-state index in [-0.39, 0.29) is 22.9 Å². The number of nitrogens with one attached hydrogen (secondary N) is 1. The van der Waals surface area contributed by atoms with Crippen molar-refractivity contribution in [2.45, 2.75) is 45.1 Å². The van der Waals surface area contributed by atoms with Crippen molar-refractivity contribution in [2.75, 3.05) is 13.1 Å². The predicted molar refractivity (Wildman–Crippen MR) is 122 cm³/mol. The van der Waals surface area contributed by atoms with E-state index in [0.29, 0.717) is 30.6 Å². The van der Waals surface area contributed by atoms with Crippen LogP contribution in [0.25, 0.3) is 0 Å². The highest BCUT2D eigenvalue weighted by molar-refractivity contribution is 9.10. The summed E-state index contributed by atoms with van der Waals surface area (Å²) in [4.78, 5) is 38.1. The van der Waals surface area contributed by atoms with Crippen molar-refractivity contribution in [1.82, 2.24) is 10.2 Å². The van der Waals surface area contributed by atoms with Gasteiger partial charge in [0.05, 0.1) is 4.92 Å². The summed E-state index contributed by atoms with van der Waals surface area (Å²) >= 11 is 3.43. The molecule has 2 aromatic rings. The first kappa shape index (κ1) is 22.9. The standard InChI is InChI=1S/C23H26BrN3O4/c1-15-13-16(6-11-19(15)27(30)31)22(29)26-12-4-5-20(26)21(28)25-14-23(2,3)17-7-9-18(24)10-8-17/h6-11,13,20H,4-5,12,14H2,1-3H3,(H,25,28). The Labute approximate surface area is 190 Å². The van der Waals surface area contributed by atoms with Crippen LogP contribution in [0.5, 0.6) is 0 Å². The van der Waals surface area contributed by atoms with Gasteiger partial charge in [-0.3, -0.25) is 19.7 Å². The van der Waals surface area contributed by atoms with Gasteiger partial charge in [-0.2, -0.15) is 0 Å². The largest absolute Gasteiger partial charge is 0.353 e. The van der Waals surface area contributed by atoms with E-state index in [0.717, 1.165) is 16.5 Å². The van der Waals surface area contributed by atoms with Crippen molar-refractivity contribution in [2.24, 2.45) is 0 Å². The molecule has 1 aliphatic rings. The van der Waals surface area contributed by atoms with Gasteiger partial charge < -0.3 is 10.2 Å². The van der Waals surface area contributed by atoms with Crippen LogP contribution in [0.3, 0.4) is 0 Å². The third-order valence-electron chi connectivity index (χ3n) is 5.79. The number of nitro groups is 1. The highest BCUT2D eigenvalue weighted by Crippen LogP contribution is 2.26. The van der Waals surface area contributed by atoms with Crippen LogP contribution in [-0.4, -0.2) is 40.8 Å². The molecule has 7 nitrogen and oxygen atoms in total. The molecule has 0 saturated carbocycles. The zero-order valence-electron chi connectivity index (χ0n) is 17.9. The average molecular weight is 488 g/mol. The Hall–Kier alpha value is -2.74. The van der Waals surface area contributed by atoms with Gasteiger partial charge in [0.2, 0.25) is 5.91 Å². The summed E-state index contributed by atoms with van der Waals surface area (Å²) in [6.45, 7) is 6.67. The second-order valence-electron chi connectivity index (χ2n) is 8.52. The fraction of sp³-hybridized carbons (Fsp3) is 0.391. The van der Waals surface area contributed by atoms with Gasteiger partial charge in [0, 0.05) is 40.2 Å². The summed E-state index contributed by atoms with van der Waals surface area (Å²) in [6.07, 6.45) is 1.34. The van der Waals surface area contributed by atoms with Gasteiger partial charge >= 0.3 is 0 Å². The Balaban J connectivity index is 1.68. The maximum atomic E-state index is 13.0. The topological polar surface area (TPSA) is 92.6 Å². The van der Waals surface area contributed by atoms with E-state index in [1.165, 1.54) is 18.2 Å². The summed E-state index contributed by atoms with van der Waals surface area (Å²) in [7, 11) is 0. The van der Waals surface area contributed by atoms with E-state index < -0.39 is 11.0 Å². The van der Waals surface area contributed by atoms with Crippen molar-refractivity contribution in [3.63, 3.8) is 0 Å². The Kier molecular flexibility index (Phi) is 6.79. The van der Waals surface area contributed by atoms with E-state index in [1.807, 2.05) is 24.3 Å². The number of amides is 2. The molecule has 1 fully saturated rings. The van der Waals surface area contributed by atoms with E-state index in [4.69, 9.17) is 0 Å². The molecule has 3 rings (SSSR count). The summed E-state index contributed by atoms with van der Waals surface area (Å²) in [5, 5.41) is 14.0. The van der Waals surface area contributed by atoms with Crippen molar-refractivity contribution in [1.29, 1.82) is 0 Å². The van der Waals surface area contributed by atoms with Crippen LogP contribution in [-0.2, 0) is 10.2 Å². The molecule has 2 amide bonds. The van der Waals surface area contributed by atoms with E-state index in [9.17, 15) is 19.7 Å². The van der Waals surface area contributed by atoms with Gasteiger partial charge in [-0.25, -0.2) is 0 Å². The maximum absolute atomic E-state index is 13.0. The van der Waals surface area contributed by atoms with Gasteiger partial charge in [0.1, 0.15) is 6.04 Å². The number of nitrogens with zero attached hydrogens (tertiary/aromatic N) is 2. The fourth-order valence-corrected chi connectivity index (χ4v) is 4.13. The lowest BCUT2D eigenvalue weighted by atomic mass is 9.84. The van der Waals surface area contributed by atoms with Crippen molar-refractivity contribution in [3.8, 4) is 0 Å². The zero-order valence-corrected chi connectivity index (χ0v) is 19.4. The first-order chi connectivity index (χ1) is 14.6. The number of nitro benzene ring substituents is 1. The van der Waals surface area contributed by atoms with Gasteiger partial charge in [0.25, 0.3) is 11.6 Å². The van der Waals surface area contributed by atoms with Crippen LogP contribution >= 0.6 is 15.9 Å². The Morgan fingerprint density at radius 1 is 1.23 bits per heavy atom. The molecule has 8 heteroatoms. The quantitative estimate of drug-likeness (QED) is 0.483. The lowest BCUT2D eigenvalue weighted by Gasteiger charge is -2.29. The summed E-state index contributed by atoms with van der Waals surface area (Å²) in [5.41, 5.74) is 1.60. The monoisotopic (exact) mass is 487 g/mol. The molecule has 1 aliphatic heterocycles. The number of hydrogen-bond donors (Lipinski definition) is 1. The molecule has 1 saturated heterocycles. The minimum atomic E-state index is -0.538. The summed E-state index contributed by atoms with van der Waals surface area (Å²) in [5.74, 6) is -0.447. The number of halogens is 1. The molecule has 1 N–H and O–H groups in total. The van der Waals surface area contributed by atoms with Crippen LogP contribution in [0.1, 0.15) is 48.2 Å². The predicted octanol–water partition coefficient (Wildman–Crippen LogP) is 4.36. The minimum absolute atomic E-state index is 0.0255. The number of carbonyl (C=O) groups is 2. The normalized spacial score (nSPS) is 16.3. The van der Waals surface area contributed by atoms with E-state index in [1.54, 1.807) is 11.8 Å².